The predicted molar refractivity (Wildman–Crippen MR) is 102 cm³/mol. The maximum Gasteiger partial charge on any atom is 0.154 e. The van der Waals surface area contributed by atoms with Gasteiger partial charge in [0.25, 0.3) is 0 Å². The minimum atomic E-state index is 0.537. The van der Waals surface area contributed by atoms with Crippen LogP contribution in [0, 0.1) is 0 Å². The van der Waals surface area contributed by atoms with Gasteiger partial charge in [0.15, 0.2) is 11.6 Å². The van der Waals surface area contributed by atoms with Crippen LogP contribution in [0.25, 0.3) is 0 Å². The minimum Gasteiger partial charge on any atom is -0.298 e. The van der Waals surface area contributed by atoms with Crippen molar-refractivity contribution in [3.8, 4) is 0 Å². The molecule has 0 saturated carbocycles. The molecular formula is C21H15N3O2. The van der Waals surface area contributed by atoms with Gasteiger partial charge in [-0.15, -0.1) is 0 Å². The van der Waals surface area contributed by atoms with Crippen molar-refractivity contribution in [2.24, 2.45) is 9.98 Å². The average Bonchev–Trinajstić information content (AvgIpc) is 2.72. The number of rotatable bonds is 6. The van der Waals surface area contributed by atoms with Gasteiger partial charge in [-0.1, -0.05) is 54.6 Å². The normalized spacial score (nSPS) is 11.1. The molecule has 0 saturated heterocycles. The van der Waals surface area contributed by atoms with Crippen LogP contribution < -0.4 is 0 Å². The van der Waals surface area contributed by atoms with Gasteiger partial charge in [0.05, 0.1) is 0 Å². The molecule has 0 N–H and O–H groups in total. The summed E-state index contributed by atoms with van der Waals surface area (Å²) in [6.45, 7) is 0. The van der Waals surface area contributed by atoms with Gasteiger partial charge in [0.1, 0.15) is 12.6 Å². The first-order valence-electron chi connectivity index (χ1n) is 7.92. The lowest BCUT2D eigenvalue weighted by atomic mass is 10.2. The summed E-state index contributed by atoms with van der Waals surface area (Å²) < 4.78 is 0. The molecule has 3 rings (SSSR count). The average molecular weight is 341 g/mol. The van der Waals surface area contributed by atoms with Crippen LogP contribution in [0.4, 0.5) is 11.6 Å². The fourth-order valence-electron chi connectivity index (χ4n) is 2.16. The van der Waals surface area contributed by atoms with Gasteiger partial charge in [0.2, 0.25) is 0 Å². The largest absolute Gasteiger partial charge is 0.298 e. The maximum atomic E-state index is 10.7. The van der Waals surface area contributed by atoms with Gasteiger partial charge in [-0.2, -0.15) is 0 Å². The molecule has 2 aromatic carbocycles. The van der Waals surface area contributed by atoms with Crippen molar-refractivity contribution >= 4 is 36.6 Å². The van der Waals surface area contributed by atoms with Crippen molar-refractivity contribution in [2.45, 2.75) is 0 Å². The van der Waals surface area contributed by atoms with E-state index in [0.29, 0.717) is 22.8 Å². The zero-order valence-corrected chi connectivity index (χ0v) is 13.8. The second-order valence-corrected chi connectivity index (χ2v) is 5.44. The number of benzene rings is 2. The Kier molecular flexibility index (Phi) is 5.52. The van der Waals surface area contributed by atoms with Crippen LogP contribution in [0.2, 0.25) is 0 Å². The van der Waals surface area contributed by atoms with Crippen molar-refractivity contribution in [1.29, 1.82) is 0 Å². The highest BCUT2D eigenvalue weighted by Crippen LogP contribution is 2.15. The molecule has 26 heavy (non-hydrogen) atoms. The number of aliphatic imine (C=N–C) groups is 2. The van der Waals surface area contributed by atoms with Gasteiger partial charge in [-0.3, -0.25) is 9.59 Å². The molecule has 5 nitrogen and oxygen atoms in total. The first-order chi connectivity index (χ1) is 12.8. The molecule has 0 aliphatic carbocycles. The van der Waals surface area contributed by atoms with Crippen LogP contribution in [-0.2, 0) is 0 Å². The first kappa shape index (κ1) is 17.1. The van der Waals surface area contributed by atoms with Gasteiger partial charge in [-0.05, 0) is 23.3 Å². The Hall–Kier alpha value is -3.73. The number of hydrogen-bond acceptors (Lipinski definition) is 5. The third-order valence-corrected chi connectivity index (χ3v) is 3.56. The molecule has 0 spiro atoms. The second kappa shape index (κ2) is 8.39. The Bertz CT molecular complexity index is 883. The van der Waals surface area contributed by atoms with E-state index < -0.39 is 0 Å². The summed E-state index contributed by atoms with van der Waals surface area (Å²) in [4.78, 5) is 34.3. The predicted octanol–water partition coefficient (Wildman–Crippen LogP) is 4.21. The number of carbonyl (C=O) groups is 2. The molecule has 5 heteroatoms. The molecule has 1 heterocycles. The van der Waals surface area contributed by atoms with Crippen molar-refractivity contribution in [3.05, 3.63) is 89.0 Å². The lowest BCUT2D eigenvalue weighted by Crippen LogP contribution is -1.85. The van der Waals surface area contributed by atoms with E-state index in [2.05, 4.69) is 15.0 Å². The number of hydrogen-bond donors (Lipinski definition) is 0. The Morgan fingerprint density at radius 1 is 0.577 bits per heavy atom. The van der Waals surface area contributed by atoms with E-state index in [-0.39, 0.29) is 0 Å². The Balaban J connectivity index is 1.72. The van der Waals surface area contributed by atoms with Gasteiger partial charge in [-0.25, -0.2) is 15.0 Å². The fraction of sp³-hybridized carbons (Fsp3) is 0. The van der Waals surface area contributed by atoms with E-state index >= 15 is 0 Å². The molecule has 0 atom stereocenters. The molecule has 1 aromatic heterocycles. The molecule has 0 unspecified atom stereocenters. The molecular weight excluding hydrogens is 326 g/mol. The SMILES string of the molecule is O=Cc1ccc(C=Nc2cccc(N=Cc3ccc(C=O)cc3)n2)cc1. The molecule has 0 bridgehead atoms. The van der Waals surface area contributed by atoms with E-state index in [4.69, 9.17) is 0 Å². The van der Waals surface area contributed by atoms with Crippen LogP contribution >= 0.6 is 0 Å². The summed E-state index contributed by atoms with van der Waals surface area (Å²) in [6, 6.07) is 19.6. The highest BCUT2D eigenvalue weighted by Gasteiger charge is 1.96. The molecule has 0 radical (unpaired) electrons. The zero-order valence-electron chi connectivity index (χ0n) is 13.8. The van der Waals surface area contributed by atoms with Crippen LogP contribution in [0.5, 0.6) is 0 Å². The fourth-order valence-corrected chi connectivity index (χ4v) is 2.16. The van der Waals surface area contributed by atoms with E-state index in [1.165, 1.54) is 0 Å². The van der Waals surface area contributed by atoms with Crippen LogP contribution in [0.3, 0.4) is 0 Å². The van der Waals surface area contributed by atoms with E-state index in [0.717, 1.165) is 23.7 Å². The molecule has 0 fully saturated rings. The summed E-state index contributed by atoms with van der Waals surface area (Å²) in [6.07, 6.45) is 4.97. The van der Waals surface area contributed by atoms with E-state index in [1.54, 1.807) is 48.8 Å². The van der Waals surface area contributed by atoms with Gasteiger partial charge >= 0.3 is 0 Å². The Labute approximate surface area is 150 Å². The second-order valence-electron chi connectivity index (χ2n) is 5.44. The zero-order chi connectivity index (χ0) is 18.2. The monoisotopic (exact) mass is 341 g/mol. The molecule has 3 aromatic rings. The molecule has 0 amide bonds. The highest BCUT2D eigenvalue weighted by atomic mass is 16.1. The van der Waals surface area contributed by atoms with E-state index in [1.807, 2.05) is 30.3 Å². The van der Waals surface area contributed by atoms with Gasteiger partial charge in [0, 0.05) is 23.6 Å². The lowest BCUT2D eigenvalue weighted by molar-refractivity contribution is 0.111. The third kappa shape index (κ3) is 4.64. The Morgan fingerprint density at radius 2 is 0.962 bits per heavy atom. The number of nitrogens with zero attached hydrogens (tertiary/aromatic N) is 3. The van der Waals surface area contributed by atoms with Crippen molar-refractivity contribution in [3.63, 3.8) is 0 Å². The standard InChI is InChI=1S/C21H15N3O2/c25-14-18-8-4-16(5-9-18)12-22-20-2-1-3-21(24-20)23-13-17-6-10-19(15-26)11-7-17/h1-15H. The molecule has 0 aliphatic heterocycles. The summed E-state index contributed by atoms with van der Waals surface area (Å²) >= 11 is 0. The van der Waals surface area contributed by atoms with Gasteiger partial charge < -0.3 is 0 Å². The Morgan fingerprint density at radius 3 is 1.35 bits per heavy atom. The quantitative estimate of drug-likeness (QED) is 0.498. The van der Waals surface area contributed by atoms with Crippen molar-refractivity contribution in [1.82, 2.24) is 4.98 Å². The van der Waals surface area contributed by atoms with E-state index in [9.17, 15) is 9.59 Å². The highest BCUT2D eigenvalue weighted by molar-refractivity contribution is 5.85. The third-order valence-electron chi connectivity index (χ3n) is 3.56. The number of aldehydes is 2. The maximum absolute atomic E-state index is 10.7. The van der Waals surface area contributed by atoms with Crippen molar-refractivity contribution in [2.75, 3.05) is 0 Å². The number of pyridine rings is 1. The first-order valence-corrected chi connectivity index (χ1v) is 7.92. The summed E-state index contributed by atoms with van der Waals surface area (Å²) in [5.74, 6) is 1.07. The summed E-state index contributed by atoms with van der Waals surface area (Å²) in [5.41, 5.74) is 3.00. The van der Waals surface area contributed by atoms with Crippen molar-refractivity contribution < 1.29 is 9.59 Å². The number of carbonyl (C=O) groups excluding carboxylic acids is 2. The number of aromatic nitrogens is 1. The topological polar surface area (TPSA) is 71.8 Å². The molecule has 126 valence electrons. The van der Waals surface area contributed by atoms with Crippen LogP contribution in [0.1, 0.15) is 31.8 Å². The molecule has 0 aliphatic rings. The summed E-state index contributed by atoms with van der Waals surface area (Å²) in [7, 11) is 0. The summed E-state index contributed by atoms with van der Waals surface area (Å²) in [5, 5.41) is 0. The lowest BCUT2D eigenvalue weighted by Gasteiger charge is -1.97. The minimum absolute atomic E-state index is 0.537. The van der Waals surface area contributed by atoms with Crippen LogP contribution in [-0.4, -0.2) is 30.0 Å². The smallest absolute Gasteiger partial charge is 0.154 e. The van der Waals surface area contributed by atoms with Crippen LogP contribution in [0.15, 0.2) is 76.7 Å².